The Labute approximate surface area is 174 Å². The molecule has 0 fully saturated rings. The Kier molecular flexibility index (Phi) is 9.35. The van der Waals surface area contributed by atoms with E-state index in [4.69, 9.17) is 5.11 Å². The maximum Gasteiger partial charge on any atom is 0.300 e. The first-order valence-electron chi connectivity index (χ1n) is 8.03. The molecule has 0 radical (unpaired) electrons. The maximum absolute atomic E-state index is 12.5. The van der Waals surface area contributed by atoms with Crippen molar-refractivity contribution >= 4 is 49.0 Å². The summed E-state index contributed by atoms with van der Waals surface area (Å²) < 4.78 is 27.0. The first kappa shape index (κ1) is 24.7. The maximum atomic E-state index is 12.5. The van der Waals surface area contributed by atoms with Gasteiger partial charge in [-0.1, -0.05) is 15.9 Å². The summed E-state index contributed by atoms with van der Waals surface area (Å²) >= 11 is 3.17. The molecule has 1 amide bonds. The number of nitro benzene ring substituents is 2. The highest BCUT2D eigenvalue weighted by Gasteiger charge is 2.31. The van der Waals surface area contributed by atoms with Gasteiger partial charge in [-0.25, -0.2) is 0 Å². The molecule has 0 bridgehead atoms. The monoisotopic (exact) mass is 498 g/mol. The predicted molar refractivity (Wildman–Crippen MR) is 106 cm³/mol. The summed E-state index contributed by atoms with van der Waals surface area (Å²) in [6.45, 7) is -1.00. The molecule has 0 aliphatic rings. The van der Waals surface area contributed by atoms with Crippen molar-refractivity contribution in [2.75, 3.05) is 49.3 Å². The Bertz CT molecular complexity index is 878. The highest BCUT2D eigenvalue weighted by atomic mass is 79.9. The number of carbonyl (C=O) groups excluding carboxylic acids is 1. The molecule has 0 aliphatic carbocycles. The molecule has 0 atom stereocenters. The molecule has 2 N–H and O–H groups in total. The Morgan fingerprint density at radius 3 is 2.41 bits per heavy atom. The number of benzene rings is 1. The van der Waals surface area contributed by atoms with E-state index in [1.807, 2.05) is 0 Å². The van der Waals surface area contributed by atoms with Crippen molar-refractivity contribution in [2.24, 2.45) is 0 Å². The summed E-state index contributed by atoms with van der Waals surface area (Å²) in [4.78, 5) is 34.8. The summed E-state index contributed by atoms with van der Waals surface area (Å²) in [5.41, 5.74) is -1.96. The van der Waals surface area contributed by atoms with Crippen LogP contribution in [0.15, 0.2) is 12.1 Å². The third kappa shape index (κ3) is 7.52. The topological polar surface area (TPSA) is 182 Å². The number of nitrogens with one attached hydrogen (secondary N) is 1. The molecule has 29 heavy (non-hydrogen) atoms. The van der Waals surface area contributed by atoms with Crippen molar-refractivity contribution in [1.29, 1.82) is 0 Å². The van der Waals surface area contributed by atoms with Crippen LogP contribution in [0.1, 0.15) is 10.4 Å². The van der Waals surface area contributed by atoms with Crippen molar-refractivity contribution in [2.45, 2.75) is 0 Å². The number of carbonyl (C=O) groups is 1. The van der Waals surface area contributed by atoms with Gasteiger partial charge in [0.1, 0.15) is 5.69 Å². The minimum absolute atomic E-state index is 0.103. The van der Waals surface area contributed by atoms with Crippen molar-refractivity contribution in [3.05, 3.63) is 37.9 Å². The van der Waals surface area contributed by atoms with Crippen LogP contribution in [-0.4, -0.2) is 73.7 Å². The Morgan fingerprint density at radius 1 is 1.28 bits per heavy atom. The lowest BCUT2D eigenvalue weighted by atomic mass is 10.1. The first-order valence-corrected chi connectivity index (χ1v) is 11.0. The second-order valence-electron chi connectivity index (χ2n) is 5.56. The predicted octanol–water partition coefficient (Wildman–Crippen LogP) is 0.403. The van der Waals surface area contributed by atoms with Crippen LogP contribution < -0.4 is 10.2 Å². The number of halogens is 1. The number of amides is 1. The number of nitro groups is 2. The lowest BCUT2D eigenvalue weighted by Gasteiger charge is -2.25. The van der Waals surface area contributed by atoms with E-state index < -0.39 is 43.9 Å². The van der Waals surface area contributed by atoms with Crippen LogP contribution in [0.4, 0.5) is 17.1 Å². The van der Waals surface area contributed by atoms with E-state index in [0.29, 0.717) is 0 Å². The zero-order chi connectivity index (χ0) is 22.2. The molecule has 1 aromatic rings. The van der Waals surface area contributed by atoms with E-state index in [2.05, 4.69) is 25.4 Å². The van der Waals surface area contributed by atoms with E-state index in [1.165, 1.54) is 4.90 Å². The molecular weight excluding hydrogens is 480 g/mol. The van der Waals surface area contributed by atoms with E-state index in [-0.39, 0.29) is 42.8 Å². The largest absolute Gasteiger partial charge is 0.395 e. The first-order chi connectivity index (χ1) is 13.5. The fraction of sp³-hybridized carbons (Fsp3) is 0.500. The number of hydrogen-bond donors (Lipinski definition) is 2. The van der Waals surface area contributed by atoms with E-state index in [1.54, 1.807) is 0 Å². The van der Waals surface area contributed by atoms with E-state index >= 15 is 0 Å². The van der Waals surface area contributed by atoms with Crippen molar-refractivity contribution in [1.82, 2.24) is 5.32 Å². The summed E-state index contributed by atoms with van der Waals surface area (Å²) in [5, 5.41) is 34.2. The van der Waals surface area contributed by atoms with Gasteiger partial charge in [0.2, 0.25) is 0 Å². The van der Waals surface area contributed by atoms with E-state index in [0.717, 1.165) is 18.4 Å². The summed E-state index contributed by atoms with van der Waals surface area (Å²) in [6, 6.07) is 1.60. The molecule has 0 saturated carbocycles. The lowest BCUT2D eigenvalue weighted by Crippen LogP contribution is -2.34. The van der Waals surface area contributed by atoms with Crippen LogP contribution in [0.25, 0.3) is 0 Å². The van der Waals surface area contributed by atoms with Gasteiger partial charge in [0.25, 0.3) is 27.4 Å². The van der Waals surface area contributed by atoms with Gasteiger partial charge in [0.15, 0.2) is 0 Å². The quantitative estimate of drug-likeness (QED) is 0.177. The standard InChI is InChI=1S/C14H19BrN4O9S/c1-29(26,27)28-7-5-17(4-2-15)13-11(14(21)16-3-6-20)8-10(18(22)23)9-12(13)19(24)25/h8-9,20H,2-7H2,1H3,(H,16,21). The second-order valence-corrected chi connectivity index (χ2v) is 7.99. The third-order valence-electron chi connectivity index (χ3n) is 3.45. The Hall–Kier alpha value is -2.36. The van der Waals surface area contributed by atoms with Crippen LogP contribution in [0.5, 0.6) is 0 Å². The zero-order valence-corrected chi connectivity index (χ0v) is 17.6. The molecule has 15 heteroatoms. The number of aliphatic hydroxyl groups is 1. The number of anilines is 1. The number of hydrogen-bond acceptors (Lipinski definition) is 10. The molecule has 0 saturated heterocycles. The molecule has 0 spiro atoms. The molecule has 0 aromatic heterocycles. The van der Waals surface area contributed by atoms with Gasteiger partial charge in [-0.15, -0.1) is 0 Å². The Morgan fingerprint density at radius 2 is 1.93 bits per heavy atom. The van der Waals surface area contributed by atoms with Crippen LogP contribution >= 0.6 is 15.9 Å². The lowest BCUT2D eigenvalue weighted by molar-refractivity contribution is -0.393. The SMILES string of the molecule is CS(=O)(=O)OCCN(CCBr)c1c(C(=O)NCCO)cc([N+](=O)[O-])cc1[N+](=O)[O-]. The molecule has 0 unspecified atom stereocenters. The van der Waals surface area contributed by atoms with E-state index in [9.17, 15) is 33.4 Å². The smallest absolute Gasteiger partial charge is 0.300 e. The second kappa shape index (κ2) is 11.0. The third-order valence-corrected chi connectivity index (χ3v) is 4.40. The molecule has 162 valence electrons. The summed E-state index contributed by atoms with van der Waals surface area (Å²) in [5.74, 6) is -0.871. The molecule has 1 aromatic carbocycles. The molecule has 0 aliphatic heterocycles. The van der Waals surface area contributed by atoms with Crippen LogP contribution in [0.2, 0.25) is 0 Å². The molecule has 13 nitrogen and oxygen atoms in total. The van der Waals surface area contributed by atoms with Gasteiger partial charge in [0.05, 0.1) is 40.9 Å². The fourth-order valence-electron chi connectivity index (χ4n) is 2.36. The molecule has 1 rings (SSSR count). The summed E-state index contributed by atoms with van der Waals surface area (Å²) in [6.07, 6.45) is 0.837. The van der Waals surface area contributed by atoms with Gasteiger partial charge >= 0.3 is 0 Å². The van der Waals surface area contributed by atoms with Crippen molar-refractivity contribution in [3.8, 4) is 0 Å². The van der Waals surface area contributed by atoms with Crippen molar-refractivity contribution < 1.29 is 32.3 Å². The number of rotatable bonds is 12. The average molecular weight is 499 g/mol. The highest BCUT2D eigenvalue weighted by Crippen LogP contribution is 2.36. The van der Waals surface area contributed by atoms with Gasteiger partial charge in [0, 0.05) is 31.0 Å². The van der Waals surface area contributed by atoms with Crippen molar-refractivity contribution in [3.63, 3.8) is 0 Å². The molecule has 0 heterocycles. The Balaban J connectivity index is 3.55. The number of alkyl halides is 1. The van der Waals surface area contributed by atoms with Gasteiger partial charge in [-0.2, -0.15) is 8.42 Å². The normalized spacial score (nSPS) is 11.1. The number of non-ortho nitro benzene ring substituents is 1. The average Bonchev–Trinajstić information content (AvgIpc) is 2.63. The number of nitrogens with zero attached hydrogens (tertiary/aromatic N) is 3. The fourth-order valence-corrected chi connectivity index (χ4v) is 3.16. The van der Waals surface area contributed by atoms with Gasteiger partial charge in [-0.05, 0) is 0 Å². The zero-order valence-electron chi connectivity index (χ0n) is 15.2. The minimum atomic E-state index is -3.77. The van der Waals surface area contributed by atoms with Gasteiger partial charge in [-0.3, -0.25) is 29.2 Å². The highest BCUT2D eigenvalue weighted by molar-refractivity contribution is 9.09. The van der Waals surface area contributed by atoms with Crippen LogP contribution in [0.3, 0.4) is 0 Å². The minimum Gasteiger partial charge on any atom is -0.395 e. The van der Waals surface area contributed by atoms with Gasteiger partial charge < -0.3 is 15.3 Å². The molecular formula is C14H19BrN4O9S. The number of aliphatic hydroxyl groups excluding tert-OH is 1. The van der Waals surface area contributed by atoms with Crippen LogP contribution in [-0.2, 0) is 14.3 Å². The van der Waals surface area contributed by atoms with Crippen LogP contribution in [0, 0.1) is 20.2 Å². The summed E-state index contributed by atoms with van der Waals surface area (Å²) in [7, 11) is -3.77.